The van der Waals surface area contributed by atoms with Crippen LogP contribution in [-0.2, 0) is 42.9 Å². The number of carbonyl (C=O) groups excluding carboxylic acids is 3. The lowest BCUT2D eigenvalue weighted by Gasteiger charge is -2.47. The number of aliphatic hydroxyl groups is 2. The zero-order valence-electron chi connectivity index (χ0n) is 35.5. The molecule has 0 spiro atoms. The third-order valence-corrected chi connectivity index (χ3v) is 12.1. The second-order valence-electron chi connectivity index (χ2n) is 17.1. The van der Waals surface area contributed by atoms with Gasteiger partial charge in [-0.3, -0.25) is 14.4 Å². The summed E-state index contributed by atoms with van der Waals surface area (Å²) in [7, 11) is 3.73. The maximum Gasteiger partial charge on any atom is 0.316 e. The summed E-state index contributed by atoms with van der Waals surface area (Å²) in [5.74, 6) is -5.12. The topological polar surface area (TPSA) is 214 Å². The Morgan fingerprint density at radius 3 is 2.48 bits per heavy atom. The second kappa shape index (κ2) is 18.7. The van der Waals surface area contributed by atoms with E-state index in [0.717, 1.165) is 5.56 Å². The van der Waals surface area contributed by atoms with Gasteiger partial charge < -0.3 is 49.4 Å². The number of nitrogens with zero attached hydrogens (tertiary/aromatic N) is 4. The number of nitrogens with two attached hydrogens (primary N) is 1. The molecule has 0 saturated carbocycles. The Labute approximate surface area is 341 Å². The van der Waals surface area contributed by atoms with Crippen LogP contribution in [0.5, 0.6) is 0 Å². The summed E-state index contributed by atoms with van der Waals surface area (Å²) >= 11 is 0. The molecule has 0 radical (unpaired) electrons. The molecular weight excluding hydrogens is 750 g/mol. The highest BCUT2D eigenvalue weighted by Crippen LogP contribution is 2.40. The van der Waals surface area contributed by atoms with Crippen LogP contribution in [0, 0.1) is 23.7 Å². The van der Waals surface area contributed by atoms with E-state index in [1.54, 1.807) is 51.3 Å². The Bertz CT molecular complexity index is 1730. The fraction of sp³-hybridized carbons (Fsp3) is 0.714. The lowest BCUT2D eigenvalue weighted by molar-refractivity contribution is -0.296. The highest BCUT2D eigenvalue weighted by Gasteiger charge is 2.53. The smallest absolute Gasteiger partial charge is 0.316 e. The molecule has 4 bridgehead atoms. The summed E-state index contributed by atoms with van der Waals surface area (Å²) in [6.07, 6.45) is -0.890. The number of ether oxygens (including phenoxy) is 5. The van der Waals surface area contributed by atoms with E-state index in [9.17, 15) is 24.6 Å². The van der Waals surface area contributed by atoms with Gasteiger partial charge in [-0.15, -0.1) is 0 Å². The molecule has 4 aliphatic heterocycles. The molecule has 4 aliphatic rings. The van der Waals surface area contributed by atoms with E-state index in [1.165, 1.54) is 13.8 Å². The number of cyclic esters (lactones) is 1. The van der Waals surface area contributed by atoms with E-state index in [0.29, 0.717) is 18.0 Å². The van der Waals surface area contributed by atoms with Gasteiger partial charge in [-0.2, -0.15) is 0 Å². The van der Waals surface area contributed by atoms with Gasteiger partial charge in [0.25, 0.3) is 5.91 Å². The van der Waals surface area contributed by atoms with Crippen LogP contribution in [0.3, 0.4) is 0 Å². The van der Waals surface area contributed by atoms with Gasteiger partial charge in [-0.05, 0) is 84.7 Å². The minimum Gasteiger partial charge on any atom is -0.459 e. The molecule has 5 heterocycles. The summed E-state index contributed by atoms with van der Waals surface area (Å²) in [6, 6.07) is 3.16. The zero-order chi connectivity index (χ0) is 42.7. The quantitative estimate of drug-likeness (QED) is 0.266. The fourth-order valence-corrected chi connectivity index (χ4v) is 8.85. The lowest BCUT2D eigenvalue weighted by Crippen LogP contribution is -2.60. The number of ketones is 1. The number of anilines is 1. The first-order valence-corrected chi connectivity index (χ1v) is 20.4. The standard InChI is InChI=1S/C42H63N5O11/c1-11-31-42(8,52)37-24(4)33-22(2)19-41(7,36(25(5)34(48)26(6)39(51)56-31)57-40-35(49)29(47(9)10)17-23(3)55-40)54-21-28(20-53-37)46-58-30(38(50)45-33)14-12-13-27-15-16-44-32(43)18-27/h12-13,15-16,18,22-26,29-31,35-37,40,49,52H,11,14,17,19-21H2,1-10H3,(H2,43,44)/b13-12+,45-33?,46-28+/t22-,23-,24-,25+,26-,29+,30?,31-,35-,36-,37+,40+,41-,42-/m1/s1. The molecule has 1 unspecified atom stereocenters. The Hall–Kier alpha value is -3.64. The molecule has 1 aromatic heterocycles. The number of esters is 1. The van der Waals surface area contributed by atoms with Crippen LogP contribution in [0.15, 0.2) is 34.6 Å². The van der Waals surface area contributed by atoms with Crippen LogP contribution in [0.2, 0.25) is 0 Å². The first-order chi connectivity index (χ1) is 27.3. The van der Waals surface area contributed by atoms with Crippen LogP contribution in [0.25, 0.3) is 6.08 Å². The van der Waals surface area contributed by atoms with Crippen molar-refractivity contribution in [3.8, 4) is 0 Å². The molecule has 322 valence electrons. The fourth-order valence-electron chi connectivity index (χ4n) is 8.85. The molecule has 3 saturated heterocycles. The number of hydrogen-bond acceptors (Lipinski definition) is 15. The number of fused-ring (bicyclic) bond motifs is 4. The number of oxime groups is 1. The molecule has 14 atom stereocenters. The largest absolute Gasteiger partial charge is 0.459 e. The van der Waals surface area contributed by atoms with Crippen molar-refractivity contribution in [2.75, 3.05) is 33.0 Å². The molecule has 1 amide bonds. The third kappa shape index (κ3) is 10.0. The maximum atomic E-state index is 14.4. The van der Waals surface area contributed by atoms with E-state index in [-0.39, 0.29) is 50.3 Å². The molecule has 0 aromatic carbocycles. The van der Waals surface area contributed by atoms with Crippen LogP contribution < -0.4 is 5.73 Å². The first kappa shape index (κ1) is 45.4. The van der Waals surface area contributed by atoms with E-state index < -0.39 is 89.3 Å². The van der Waals surface area contributed by atoms with Crippen molar-refractivity contribution < 1.29 is 53.1 Å². The van der Waals surface area contributed by atoms with Crippen LogP contribution >= 0.6 is 0 Å². The molecule has 58 heavy (non-hydrogen) atoms. The number of aliphatic imine (C=N–C) groups is 1. The normalized spacial score (nSPS) is 40.5. The van der Waals surface area contributed by atoms with Crippen LogP contribution in [-0.4, -0.2) is 137 Å². The Balaban J connectivity index is 1.67. The van der Waals surface area contributed by atoms with Gasteiger partial charge in [0.15, 0.2) is 12.1 Å². The van der Waals surface area contributed by atoms with Crippen molar-refractivity contribution in [2.24, 2.45) is 33.8 Å². The molecule has 4 N–H and O–H groups in total. The van der Waals surface area contributed by atoms with Gasteiger partial charge >= 0.3 is 5.97 Å². The SMILES string of the molecule is CC[C@H]1OC(=O)[C@H](C)C(=O)[C@H](C)[C@@H](O[C@@H]2O[C@H](C)C[C@H](N(C)C)[C@H]2O)[C@@]2(C)C[C@@H](C)C3=NC(=O)C(C/C=C/c4ccnc(N)c4)O/N=C(\CO[C@@H]([C@@H]3C)[C@]1(C)O)CO2. The Morgan fingerprint density at radius 1 is 1.09 bits per heavy atom. The maximum absolute atomic E-state index is 14.4. The van der Waals surface area contributed by atoms with Crippen LogP contribution in [0.1, 0.15) is 86.6 Å². The average molecular weight is 814 g/mol. The molecule has 16 nitrogen and oxygen atoms in total. The summed E-state index contributed by atoms with van der Waals surface area (Å²) in [5, 5.41) is 28.4. The van der Waals surface area contributed by atoms with Gasteiger partial charge in [0, 0.05) is 36.2 Å². The number of carbonyl (C=O) groups is 3. The monoisotopic (exact) mass is 813 g/mol. The van der Waals surface area contributed by atoms with Gasteiger partial charge in [-0.25, -0.2) is 9.98 Å². The number of aromatic nitrogens is 1. The highest BCUT2D eigenvalue weighted by atomic mass is 16.7. The first-order valence-electron chi connectivity index (χ1n) is 20.4. The van der Waals surface area contributed by atoms with Gasteiger partial charge in [0.2, 0.25) is 6.10 Å². The van der Waals surface area contributed by atoms with Gasteiger partial charge in [-0.1, -0.05) is 45.0 Å². The van der Waals surface area contributed by atoms with Crippen molar-refractivity contribution in [3.05, 3.63) is 30.0 Å². The molecule has 3 fully saturated rings. The summed E-state index contributed by atoms with van der Waals surface area (Å²) in [4.78, 5) is 59.1. The third-order valence-electron chi connectivity index (χ3n) is 12.1. The summed E-state index contributed by atoms with van der Waals surface area (Å²) in [6.45, 7) is 13.4. The molecule has 5 rings (SSSR count). The number of hydrogen-bond donors (Lipinski definition) is 3. The summed E-state index contributed by atoms with van der Waals surface area (Å²) < 4.78 is 32.3. The second-order valence-corrected chi connectivity index (χ2v) is 17.1. The number of amides is 1. The highest BCUT2D eigenvalue weighted by molar-refractivity contribution is 6.01. The van der Waals surface area contributed by atoms with Gasteiger partial charge in [0.1, 0.15) is 35.3 Å². The van der Waals surface area contributed by atoms with Crippen molar-refractivity contribution in [2.45, 2.75) is 141 Å². The number of rotatable bonds is 7. The number of likely N-dealkylation sites (N-methyl/N-ethyl adjacent to an activating group) is 1. The van der Waals surface area contributed by atoms with Crippen molar-refractivity contribution in [1.29, 1.82) is 0 Å². The van der Waals surface area contributed by atoms with E-state index in [1.807, 2.05) is 39.8 Å². The minimum atomic E-state index is -1.83. The van der Waals surface area contributed by atoms with Crippen LogP contribution in [0.4, 0.5) is 5.82 Å². The Morgan fingerprint density at radius 2 is 1.81 bits per heavy atom. The van der Waals surface area contributed by atoms with E-state index in [2.05, 4.69) is 10.1 Å². The molecule has 0 aliphatic carbocycles. The van der Waals surface area contributed by atoms with E-state index >= 15 is 0 Å². The van der Waals surface area contributed by atoms with Crippen molar-refractivity contribution >= 4 is 41.0 Å². The zero-order valence-corrected chi connectivity index (χ0v) is 35.5. The average Bonchev–Trinajstić information content (AvgIpc) is 3.19. The molecule has 16 heteroatoms. The number of pyridine rings is 1. The van der Waals surface area contributed by atoms with Gasteiger partial charge in [0.05, 0.1) is 37.1 Å². The molecular formula is C42H63N5O11. The number of nitrogen functional groups attached to an aromatic ring is 1. The van der Waals surface area contributed by atoms with Crippen molar-refractivity contribution in [3.63, 3.8) is 0 Å². The predicted molar refractivity (Wildman–Crippen MR) is 216 cm³/mol. The lowest BCUT2D eigenvalue weighted by atomic mass is 9.73. The molecule has 1 aromatic rings. The minimum absolute atomic E-state index is 0.107. The Kier molecular flexibility index (Phi) is 14.7. The van der Waals surface area contributed by atoms with E-state index in [4.69, 9.17) is 39.2 Å². The number of aliphatic hydroxyl groups excluding tert-OH is 1. The van der Waals surface area contributed by atoms with Crippen molar-refractivity contribution in [1.82, 2.24) is 9.88 Å². The summed E-state index contributed by atoms with van der Waals surface area (Å²) in [5.41, 5.74) is 4.04. The number of Topliss-reactive ketones (excluding diaryl/α,β-unsaturated/α-hetero) is 1. The predicted octanol–water partition coefficient (Wildman–Crippen LogP) is 3.36.